The average molecular weight is 507 g/mol. The van der Waals surface area contributed by atoms with Gasteiger partial charge in [-0.25, -0.2) is 21.6 Å². The van der Waals surface area contributed by atoms with E-state index < -0.39 is 44.4 Å². The zero-order chi connectivity index (χ0) is 24.5. The first-order chi connectivity index (χ1) is 16.1. The van der Waals surface area contributed by atoms with E-state index in [1.165, 1.54) is 33.5 Å². The van der Waals surface area contributed by atoms with Crippen molar-refractivity contribution in [3.8, 4) is 0 Å². The summed E-state index contributed by atoms with van der Waals surface area (Å²) in [5.74, 6) is -1.39. The van der Waals surface area contributed by atoms with Crippen molar-refractivity contribution in [1.82, 2.24) is 4.90 Å². The molecule has 0 aromatic heterocycles. The van der Waals surface area contributed by atoms with Gasteiger partial charge in [0.25, 0.3) is 15.9 Å². The van der Waals surface area contributed by atoms with Gasteiger partial charge in [-0.15, -0.1) is 0 Å². The average Bonchev–Trinajstić information content (AvgIpc) is 3.41. The highest BCUT2D eigenvalue weighted by molar-refractivity contribution is 7.93. The van der Waals surface area contributed by atoms with E-state index in [9.17, 15) is 26.4 Å². The van der Waals surface area contributed by atoms with E-state index in [1.54, 1.807) is 19.1 Å². The van der Waals surface area contributed by atoms with Gasteiger partial charge in [-0.05, 0) is 49.6 Å². The lowest BCUT2D eigenvalue weighted by molar-refractivity contribution is -0.136. The van der Waals surface area contributed by atoms with Gasteiger partial charge in [0.05, 0.1) is 27.7 Å². The third-order valence-corrected chi connectivity index (χ3v) is 9.70. The van der Waals surface area contributed by atoms with Crippen LogP contribution >= 0.6 is 0 Å². The van der Waals surface area contributed by atoms with Crippen molar-refractivity contribution in [3.63, 3.8) is 0 Å². The number of carbonyl (C=O) groups excluding carboxylic acids is 2. The number of carbonyl (C=O) groups is 2. The highest BCUT2D eigenvalue weighted by atomic mass is 32.2. The normalized spacial score (nSPS) is 19.0. The second kappa shape index (κ2) is 9.38. The molecule has 34 heavy (non-hydrogen) atoms. The number of likely N-dealkylation sites (N-methyl/N-ethyl adjacent to an activating group) is 1. The molecular weight excluding hydrogens is 480 g/mol. The van der Waals surface area contributed by atoms with Crippen molar-refractivity contribution < 1.29 is 31.2 Å². The number of hydrogen-bond donors (Lipinski definition) is 0. The molecule has 2 aliphatic rings. The number of amides is 1. The standard InChI is InChI=1S/C23H26N2O7S2/c1-2-24(19-11-13-33(28,29)16-19)22(26)15-32-23(27)18-7-5-8-20(14-18)34(30,31)25-12-10-17-6-3-4-9-21(17)25/h3-9,14,19H,2,10-13,15-16H2,1H3/t19-/m0/s1. The Balaban J connectivity index is 1.45. The molecule has 1 saturated heterocycles. The minimum Gasteiger partial charge on any atom is -0.452 e. The summed E-state index contributed by atoms with van der Waals surface area (Å²) in [4.78, 5) is 26.5. The van der Waals surface area contributed by atoms with Crippen LogP contribution in [0.2, 0.25) is 0 Å². The topological polar surface area (TPSA) is 118 Å². The molecule has 2 aliphatic heterocycles. The van der Waals surface area contributed by atoms with Gasteiger partial charge in [-0.1, -0.05) is 24.3 Å². The lowest BCUT2D eigenvalue weighted by Gasteiger charge is -2.26. The van der Waals surface area contributed by atoms with Crippen LogP contribution in [0, 0.1) is 0 Å². The number of sulfone groups is 1. The molecule has 4 rings (SSSR count). The molecule has 0 saturated carbocycles. The monoisotopic (exact) mass is 506 g/mol. The van der Waals surface area contributed by atoms with Gasteiger partial charge >= 0.3 is 5.97 Å². The van der Waals surface area contributed by atoms with Crippen molar-refractivity contribution in [3.05, 3.63) is 59.7 Å². The molecule has 1 amide bonds. The van der Waals surface area contributed by atoms with Gasteiger partial charge in [0.15, 0.2) is 16.4 Å². The molecule has 0 spiro atoms. The Morgan fingerprint density at radius 3 is 2.62 bits per heavy atom. The first kappa shape index (κ1) is 24.2. The molecule has 0 aliphatic carbocycles. The molecule has 0 N–H and O–H groups in total. The molecule has 11 heteroatoms. The number of fused-ring (bicyclic) bond motifs is 1. The fourth-order valence-electron chi connectivity index (χ4n) is 4.42. The van der Waals surface area contributed by atoms with Crippen LogP contribution in [0.3, 0.4) is 0 Å². The summed E-state index contributed by atoms with van der Waals surface area (Å²) in [5.41, 5.74) is 1.57. The Morgan fingerprint density at radius 1 is 1.15 bits per heavy atom. The Hall–Kier alpha value is -2.92. The van der Waals surface area contributed by atoms with Crippen LogP contribution in [0.5, 0.6) is 0 Å². The third-order valence-electron chi connectivity index (χ3n) is 6.14. The van der Waals surface area contributed by atoms with E-state index in [4.69, 9.17) is 4.74 Å². The van der Waals surface area contributed by atoms with E-state index in [-0.39, 0.29) is 22.0 Å². The fourth-order valence-corrected chi connectivity index (χ4v) is 7.70. The summed E-state index contributed by atoms with van der Waals surface area (Å²) < 4.78 is 56.4. The molecule has 1 fully saturated rings. The largest absolute Gasteiger partial charge is 0.452 e. The molecule has 9 nitrogen and oxygen atoms in total. The van der Waals surface area contributed by atoms with Crippen LogP contribution in [0.1, 0.15) is 29.3 Å². The molecule has 2 aromatic rings. The van der Waals surface area contributed by atoms with Crippen LogP contribution in [0.15, 0.2) is 53.4 Å². The van der Waals surface area contributed by atoms with E-state index in [0.717, 1.165) is 5.56 Å². The second-order valence-corrected chi connectivity index (χ2v) is 12.4. The van der Waals surface area contributed by atoms with Crippen molar-refractivity contribution in [2.45, 2.75) is 30.7 Å². The van der Waals surface area contributed by atoms with Crippen molar-refractivity contribution in [2.75, 3.05) is 35.5 Å². The number of hydrogen-bond acceptors (Lipinski definition) is 7. The summed E-state index contributed by atoms with van der Waals surface area (Å²) in [5, 5.41) is 0. The Labute approximate surface area is 199 Å². The quantitative estimate of drug-likeness (QED) is 0.524. The molecule has 0 unspecified atom stereocenters. The number of anilines is 1. The molecule has 0 bridgehead atoms. The van der Waals surface area contributed by atoms with Crippen LogP contribution < -0.4 is 4.31 Å². The third kappa shape index (κ3) is 4.80. The number of nitrogens with zero attached hydrogens (tertiary/aromatic N) is 2. The van der Waals surface area contributed by atoms with Gasteiger partial charge < -0.3 is 9.64 Å². The molecule has 1 atom stereocenters. The maximum atomic E-state index is 13.2. The van der Waals surface area contributed by atoms with E-state index in [2.05, 4.69) is 0 Å². The summed E-state index contributed by atoms with van der Waals surface area (Å²) >= 11 is 0. The smallest absolute Gasteiger partial charge is 0.338 e. The Kier molecular flexibility index (Phi) is 6.68. The lowest BCUT2D eigenvalue weighted by atomic mass is 10.2. The van der Waals surface area contributed by atoms with Crippen molar-refractivity contribution in [2.24, 2.45) is 0 Å². The van der Waals surface area contributed by atoms with Gasteiger partial charge in [0.1, 0.15) is 0 Å². The number of esters is 1. The predicted molar refractivity (Wildman–Crippen MR) is 126 cm³/mol. The Morgan fingerprint density at radius 2 is 1.91 bits per heavy atom. The van der Waals surface area contributed by atoms with E-state index >= 15 is 0 Å². The van der Waals surface area contributed by atoms with E-state index in [1.807, 2.05) is 12.1 Å². The van der Waals surface area contributed by atoms with Crippen LogP contribution in [-0.2, 0) is 35.8 Å². The fraction of sp³-hybridized carbons (Fsp3) is 0.391. The zero-order valence-electron chi connectivity index (χ0n) is 18.7. The first-order valence-corrected chi connectivity index (χ1v) is 14.3. The minimum absolute atomic E-state index is 0.00727. The lowest BCUT2D eigenvalue weighted by Crippen LogP contribution is -2.43. The summed E-state index contributed by atoms with van der Waals surface area (Å²) in [6.45, 7) is 1.78. The van der Waals surface area contributed by atoms with E-state index in [0.29, 0.717) is 31.6 Å². The van der Waals surface area contributed by atoms with Crippen molar-refractivity contribution in [1.29, 1.82) is 0 Å². The van der Waals surface area contributed by atoms with Gasteiger partial charge in [0.2, 0.25) is 0 Å². The SMILES string of the molecule is CCN(C(=O)COC(=O)c1cccc(S(=O)(=O)N2CCc3ccccc32)c1)[C@H]1CCS(=O)(=O)C1. The molecule has 2 aromatic carbocycles. The first-order valence-electron chi connectivity index (χ1n) is 11.0. The number of para-hydroxylation sites is 1. The number of sulfonamides is 1. The zero-order valence-corrected chi connectivity index (χ0v) is 20.3. The number of benzene rings is 2. The Bertz CT molecular complexity index is 1320. The predicted octanol–water partition coefficient (Wildman–Crippen LogP) is 1.63. The summed E-state index contributed by atoms with van der Waals surface area (Å²) in [7, 11) is -7.05. The van der Waals surface area contributed by atoms with Crippen LogP contribution in [0.4, 0.5) is 5.69 Å². The molecule has 182 valence electrons. The summed E-state index contributed by atoms with van der Waals surface area (Å²) in [6.07, 6.45) is 0.963. The maximum Gasteiger partial charge on any atom is 0.338 e. The van der Waals surface area contributed by atoms with Gasteiger partial charge in [-0.2, -0.15) is 0 Å². The van der Waals surface area contributed by atoms with Crippen LogP contribution in [-0.4, -0.2) is 70.9 Å². The minimum atomic E-state index is -3.89. The summed E-state index contributed by atoms with van der Waals surface area (Å²) in [6, 6.07) is 12.4. The highest BCUT2D eigenvalue weighted by Gasteiger charge is 2.34. The number of ether oxygens (including phenoxy) is 1. The van der Waals surface area contributed by atoms with Crippen LogP contribution in [0.25, 0.3) is 0 Å². The molecule has 2 heterocycles. The molecular formula is C23H26N2O7S2. The highest BCUT2D eigenvalue weighted by Crippen LogP contribution is 2.32. The maximum absolute atomic E-state index is 13.2. The van der Waals surface area contributed by atoms with Crippen molar-refractivity contribution >= 4 is 37.4 Å². The van der Waals surface area contributed by atoms with Gasteiger partial charge in [-0.3, -0.25) is 9.10 Å². The molecule has 0 radical (unpaired) electrons. The second-order valence-electron chi connectivity index (χ2n) is 8.30. The van der Waals surface area contributed by atoms with Gasteiger partial charge in [0, 0.05) is 19.1 Å². The number of rotatable bonds is 7.